The summed E-state index contributed by atoms with van der Waals surface area (Å²) < 4.78 is 49.2. The number of carbonyl (C=O) groups is 3. The number of hydrogen-bond donors (Lipinski definition) is 0. The Balaban J connectivity index is 2.01. The van der Waals surface area contributed by atoms with Crippen LogP contribution in [0.5, 0.6) is 0 Å². The van der Waals surface area contributed by atoms with Crippen molar-refractivity contribution in [3.05, 3.63) is 0 Å². The topological polar surface area (TPSA) is 125 Å². The maximum atomic E-state index is 12.1. The zero-order valence-electron chi connectivity index (χ0n) is 26.8. The molecule has 0 amide bonds. The average Bonchev–Trinajstić information content (AvgIpc) is 2.94. The molecule has 0 aliphatic carbocycles. The van der Waals surface area contributed by atoms with Gasteiger partial charge in [-0.2, -0.15) is 0 Å². The number of ether oxygens (including phenoxy) is 8. The first-order valence-electron chi connectivity index (χ1n) is 15.6. The first kappa shape index (κ1) is 34.7. The van der Waals surface area contributed by atoms with Gasteiger partial charge in [0.25, 0.3) is 6.47 Å². The molecule has 42 heavy (non-hydrogen) atoms. The SMILES string of the molecule is CCC1OC(OC2C(OC=O)OC(CC)C(C)C2OC2OC(CC)C(C)C(C)C2OC(C)=O)C(OC(C)=O)C(C)C1C. The molecule has 15 unspecified atom stereocenters. The monoisotopic (exact) mass is 600 g/mol. The van der Waals surface area contributed by atoms with Crippen molar-refractivity contribution in [3.8, 4) is 0 Å². The Labute approximate surface area is 250 Å². The fraction of sp³-hybridized carbons (Fsp3) is 0.903. The highest BCUT2D eigenvalue weighted by molar-refractivity contribution is 5.66. The van der Waals surface area contributed by atoms with E-state index in [9.17, 15) is 14.4 Å². The quantitative estimate of drug-likeness (QED) is 0.191. The fourth-order valence-corrected chi connectivity index (χ4v) is 6.71. The molecule has 0 N–H and O–H groups in total. The summed E-state index contributed by atoms with van der Waals surface area (Å²) in [4.78, 5) is 35.9. The Morgan fingerprint density at radius 2 is 0.952 bits per heavy atom. The third-order valence-electron chi connectivity index (χ3n) is 9.61. The normalized spacial score (nSPS) is 44.2. The molecular formula is C31H52O11. The molecule has 0 saturated carbocycles. The van der Waals surface area contributed by atoms with E-state index in [-0.39, 0.29) is 47.9 Å². The van der Waals surface area contributed by atoms with Gasteiger partial charge in [-0.1, -0.05) is 55.4 Å². The third kappa shape index (κ3) is 7.64. The number of rotatable bonds is 11. The lowest BCUT2D eigenvalue weighted by Gasteiger charge is -2.50. The molecule has 3 fully saturated rings. The highest BCUT2D eigenvalue weighted by Gasteiger charge is 2.53. The van der Waals surface area contributed by atoms with Gasteiger partial charge in [-0.3, -0.25) is 14.4 Å². The predicted molar refractivity (Wildman–Crippen MR) is 151 cm³/mol. The molecule has 15 atom stereocenters. The van der Waals surface area contributed by atoms with Crippen LogP contribution in [0.25, 0.3) is 0 Å². The first-order valence-corrected chi connectivity index (χ1v) is 15.6. The van der Waals surface area contributed by atoms with Crippen molar-refractivity contribution in [1.82, 2.24) is 0 Å². The van der Waals surface area contributed by atoms with Crippen molar-refractivity contribution in [2.75, 3.05) is 0 Å². The number of hydrogen-bond acceptors (Lipinski definition) is 11. The summed E-state index contributed by atoms with van der Waals surface area (Å²) in [6.07, 6.45) is -4.51. The van der Waals surface area contributed by atoms with Crippen LogP contribution in [0, 0.1) is 29.6 Å². The Hall–Kier alpha value is -1.79. The summed E-state index contributed by atoms with van der Waals surface area (Å²) in [5.74, 6) is -1.00. The molecule has 11 nitrogen and oxygen atoms in total. The van der Waals surface area contributed by atoms with Crippen LogP contribution < -0.4 is 0 Å². The smallest absolute Gasteiger partial charge is 0.303 e. The highest BCUT2D eigenvalue weighted by Crippen LogP contribution is 2.41. The van der Waals surface area contributed by atoms with E-state index in [2.05, 4.69) is 13.8 Å². The van der Waals surface area contributed by atoms with Crippen LogP contribution in [0.15, 0.2) is 0 Å². The molecule has 3 aliphatic heterocycles. The van der Waals surface area contributed by atoms with Gasteiger partial charge >= 0.3 is 11.9 Å². The zero-order chi connectivity index (χ0) is 31.3. The molecule has 0 aromatic rings. The maximum Gasteiger partial charge on any atom is 0.303 e. The molecule has 0 aromatic heterocycles. The molecule has 3 rings (SSSR count). The Bertz CT molecular complexity index is 898. The lowest BCUT2D eigenvalue weighted by Crippen LogP contribution is -2.62. The van der Waals surface area contributed by atoms with Crippen molar-refractivity contribution in [2.24, 2.45) is 29.6 Å². The van der Waals surface area contributed by atoms with E-state index in [4.69, 9.17) is 37.9 Å². The first-order chi connectivity index (χ1) is 19.9. The van der Waals surface area contributed by atoms with E-state index in [1.165, 1.54) is 13.8 Å². The lowest BCUT2D eigenvalue weighted by atomic mass is 9.82. The van der Waals surface area contributed by atoms with Crippen LogP contribution in [0.4, 0.5) is 0 Å². The summed E-state index contributed by atoms with van der Waals surface area (Å²) in [6.45, 7) is 19.2. The van der Waals surface area contributed by atoms with Gasteiger partial charge in [0.15, 0.2) is 24.8 Å². The van der Waals surface area contributed by atoms with Gasteiger partial charge in [0.2, 0.25) is 6.29 Å². The van der Waals surface area contributed by atoms with E-state index in [1.54, 1.807) is 0 Å². The summed E-state index contributed by atoms with van der Waals surface area (Å²) in [6, 6.07) is 0. The number of esters is 2. The third-order valence-corrected chi connectivity index (χ3v) is 9.61. The van der Waals surface area contributed by atoms with E-state index in [0.717, 1.165) is 12.8 Å². The molecule has 0 aromatic carbocycles. The van der Waals surface area contributed by atoms with Gasteiger partial charge in [0.05, 0.1) is 24.4 Å². The maximum absolute atomic E-state index is 12.1. The Morgan fingerprint density at radius 3 is 1.33 bits per heavy atom. The van der Waals surface area contributed by atoms with Gasteiger partial charge in [-0.25, -0.2) is 0 Å². The lowest BCUT2D eigenvalue weighted by molar-refractivity contribution is -0.372. The minimum absolute atomic E-state index is 0.0428. The Kier molecular flexibility index (Phi) is 12.6. The van der Waals surface area contributed by atoms with Crippen molar-refractivity contribution in [3.63, 3.8) is 0 Å². The average molecular weight is 601 g/mol. The van der Waals surface area contributed by atoms with Crippen LogP contribution in [0.2, 0.25) is 0 Å². The van der Waals surface area contributed by atoms with Gasteiger partial charge in [-0.15, -0.1) is 0 Å². The van der Waals surface area contributed by atoms with Crippen molar-refractivity contribution < 1.29 is 52.3 Å². The summed E-state index contributed by atoms with van der Waals surface area (Å²) >= 11 is 0. The summed E-state index contributed by atoms with van der Waals surface area (Å²) in [5.41, 5.74) is 0. The minimum Gasteiger partial charge on any atom is -0.457 e. The molecule has 3 aliphatic rings. The molecule has 0 radical (unpaired) electrons. The van der Waals surface area contributed by atoms with E-state index in [0.29, 0.717) is 12.9 Å². The van der Waals surface area contributed by atoms with Gasteiger partial charge in [0.1, 0.15) is 6.10 Å². The van der Waals surface area contributed by atoms with Crippen LogP contribution >= 0.6 is 0 Å². The zero-order valence-corrected chi connectivity index (χ0v) is 26.8. The van der Waals surface area contributed by atoms with E-state index >= 15 is 0 Å². The summed E-state index contributed by atoms with van der Waals surface area (Å²) in [7, 11) is 0. The fourth-order valence-electron chi connectivity index (χ4n) is 6.71. The molecule has 3 heterocycles. The van der Waals surface area contributed by atoms with E-state index in [1.807, 2.05) is 41.5 Å². The number of carbonyl (C=O) groups excluding carboxylic acids is 3. The van der Waals surface area contributed by atoms with Crippen LogP contribution in [0.1, 0.15) is 88.5 Å². The second-order valence-electron chi connectivity index (χ2n) is 12.2. The highest BCUT2D eigenvalue weighted by atomic mass is 16.8. The second kappa shape index (κ2) is 15.3. The Morgan fingerprint density at radius 1 is 0.571 bits per heavy atom. The van der Waals surface area contributed by atoms with Crippen molar-refractivity contribution in [1.29, 1.82) is 0 Å². The largest absolute Gasteiger partial charge is 0.457 e. The standard InChI is InChI=1S/C31H52O11/c1-11-22-15(4)17(6)26(36-20(9)33)30(39-22)41-25-19(8)24(13-3)38-29(35-14-32)28(25)42-31-27(37-21(10)34)18(7)16(5)23(12-2)40-31/h14-19,22-31H,11-13H2,1-10H3. The van der Waals surface area contributed by atoms with Crippen LogP contribution in [0.3, 0.4) is 0 Å². The van der Waals surface area contributed by atoms with Crippen molar-refractivity contribution in [2.45, 2.75) is 150 Å². The second-order valence-corrected chi connectivity index (χ2v) is 12.2. The van der Waals surface area contributed by atoms with E-state index < -0.39 is 55.2 Å². The molecule has 3 saturated heterocycles. The van der Waals surface area contributed by atoms with Crippen LogP contribution in [-0.2, 0) is 52.3 Å². The van der Waals surface area contributed by atoms with Gasteiger partial charge in [0, 0.05) is 31.6 Å². The molecule has 11 heteroatoms. The molecular weight excluding hydrogens is 548 g/mol. The predicted octanol–water partition coefficient (Wildman–Crippen LogP) is 4.38. The van der Waals surface area contributed by atoms with Crippen LogP contribution in [-0.4, -0.2) is 80.0 Å². The minimum atomic E-state index is -1.13. The molecule has 242 valence electrons. The van der Waals surface area contributed by atoms with Gasteiger partial charge < -0.3 is 37.9 Å². The summed E-state index contributed by atoms with van der Waals surface area (Å²) in [5, 5.41) is 0. The molecule has 0 bridgehead atoms. The molecule has 0 spiro atoms. The van der Waals surface area contributed by atoms with Gasteiger partial charge in [-0.05, 0) is 31.1 Å². The van der Waals surface area contributed by atoms with Crippen molar-refractivity contribution >= 4 is 18.4 Å².